The van der Waals surface area contributed by atoms with Crippen molar-refractivity contribution in [3.63, 3.8) is 0 Å². The highest BCUT2D eigenvalue weighted by atomic mass is 15.3. The van der Waals surface area contributed by atoms with Crippen molar-refractivity contribution in [1.29, 1.82) is 0 Å². The number of hydrogen-bond acceptors (Lipinski definition) is 3. The molecule has 1 saturated heterocycles. The fraction of sp³-hybridized carbons (Fsp3) is 0.600. The first-order valence-electron chi connectivity index (χ1n) is 6.86. The van der Waals surface area contributed by atoms with Crippen LogP contribution in [0, 0.1) is 13.8 Å². The number of piperazine rings is 1. The van der Waals surface area contributed by atoms with E-state index < -0.39 is 0 Å². The highest BCUT2D eigenvalue weighted by Gasteiger charge is 2.18. The lowest BCUT2D eigenvalue weighted by atomic mass is 10.1. The Bertz CT molecular complexity index is 393. The average Bonchev–Trinajstić information content (AvgIpc) is 2.33. The molecule has 1 fully saturated rings. The summed E-state index contributed by atoms with van der Waals surface area (Å²) in [6.45, 7) is 11.9. The van der Waals surface area contributed by atoms with Gasteiger partial charge in [0.25, 0.3) is 0 Å². The van der Waals surface area contributed by atoms with Gasteiger partial charge >= 0.3 is 0 Å². The Morgan fingerprint density at radius 3 is 2.44 bits per heavy atom. The van der Waals surface area contributed by atoms with Crippen LogP contribution in [-0.2, 0) is 0 Å². The van der Waals surface area contributed by atoms with Gasteiger partial charge in [-0.3, -0.25) is 4.90 Å². The van der Waals surface area contributed by atoms with Crippen molar-refractivity contribution in [2.24, 2.45) is 5.73 Å². The third-order valence-electron chi connectivity index (χ3n) is 3.62. The first kappa shape index (κ1) is 13.4. The van der Waals surface area contributed by atoms with E-state index in [1.54, 1.807) is 0 Å². The zero-order chi connectivity index (χ0) is 13.1. The summed E-state index contributed by atoms with van der Waals surface area (Å²) < 4.78 is 0. The van der Waals surface area contributed by atoms with E-state index in [2.05, 4.69) is 48.8 Å². The predicted octanol–water partition coefficient (Wildman–Crippen LogP) is 1.77. The van der Waals surface area contributed by atoms with Gasteiger partial charge < -0.3 is 10.6 Å². The average molecular weight is 247 g/mol. The summed E-state index contributed by atoms with van der Waals surface area (Å²) >= 11 is 0. The van der Waals surface area contributed by atoms with Gasteiger partial charge in [0.05, 0.1) is 0 Å². The fourth-order valence-corrected chi connectivity index (χ4v) is 2.64. The summed E-state index contributed by atoms with van der Waals surface area (Å²) in [5.41, 5.74) is 9.97. The van der Waals surface area contributed by atoms with E-state index in [9.17, 15) is 0 Å². The monoisotopic (exact) mass is 247 g/mol. The Labute approximate surface area is 111 Å². The van der Waals surface area contributed by atoms with E-state index >= 15 is 0 Å². The quantitative estimate of drug-likeness (QED) is 0.883. The molecule has 100 valence electrons. The Kier molecular flexibility index (Phi) is 4.25. The Balaban J connectivity index is 1.99. The fourth-order valence-electron chi connectivity index (χ4n) is 2.64. The smallest absolute Gasteiger partial charge is 0.0399 e. The summed E-state index contributed by atoms with van der Waals surface area (Å²) in [5.74, 6) is 0. The minimum absolute atomic E-state index is 0.275. The summed E-state index contributed by atoms with van der Waals surface area (Å²) in [6, 6.07) is 6.98. The van der Waals surface area contributed by atoms with Crippen LogP contribution in [0.2, 0.25) is 0 Å². The molecule has 0 spiro atoms. The number of aryl methyl sites for hydroxylation is 2. The molecule has 2 rings (SSSR count). The lowest BCUT2D eigenvalue weighted by Gasteiger charge is -2.37. The molecule has 0 amide bonds. The van der Waals surface area contributed by atoms with Crippen LogP contribution in [0.5, 0.6) is 0 Å². The molecule has 1 aromatic carbocycles. The molecule has 18 heavy (non-hydrogen) atoms. The van der Waals surface area contributed by atoms with Crippen LogP contribution in [0.3, 0.4) is 0 Å². The Morgan fingerprint density at radius 2 is 1.83 bits per heavy atom. The van der Waals surface area contributed by atoms with Gasteiger partial charge in [-0.2, -0.15) is 0 Å². The lowest BCUT2D eigenvalue weighted by Crippen LogP contribution is -2.49. The van der Waals surface area contributed by atoms with Gasteiger partial charge in [-0.25, -0.2) is 0 Å². The second-order valence-corrected chi connectivity index (χ2v) is 5.55. The highest BCUT2D eigenvalue weighted by molar-refractivity contribution is 5.55. The van der Waals surface area contributed by atoms with Crippen LogP contribution >= 0.6 is 0 Å². The molecule has 1 atom stereocenters. The Morgan fingerprint density at radius 1 is 1.17 bits per heavy atom. The number of rotatable bonds is 3. The molecule has 0 saturated carbocycles. The van der Waals surface area contributed by atoms with Crippen molar-refractivity contribution in [3.05, 3.63) is 29.3 Å². The summed E-state index contributed by atoms with van der Waals surface area (Å²) in [4.78, 5) is 4.96. The predicted molar refractivity (Wildman–Crippen MR) is 78.2 cm³/mol. The number of benzene rings is 1. The van der Waals surface area contributed by atoms with Crippen LogP contribution in [0.25, 0.3) is 0 Å². The Hall–Kier alpha value is -1.06. The normalized spacial score (nSPS) is 19.0. The number of hydrogen-bond donors (Lipinski definition) is 1. The first-order chi connectivity index (χ1) is 8.56. The SMILES string of the molecule is Cc1ccc(C)c(N2CCN(CC(C)N)CC2)c1. The summed E-state index contributed by atoms with van der Waals surface area (Å²) in [5, 5.41) is 0. The standard InChI is InChI=1S/C15H25N3/c1-12-4-5-13(2)15(10-12)18-8-6-17(7-9-18)11-14(3)16/h4-5,10,14H,6-9,11,16H2,1-3H3. The van der Waals surface area contributed by atoms with Gasteiger partial charge in [-0.1, -0.05) is 12.1 Å². The van der Waals surface area contributed by atoms with E-state index in [-0.39, 0.29) is 6.04 Å². The molecule has 3 heteroatoms. The first-order valence-corrected chi connectivity index (χ1v) is 6.86. The van der Waals surface area contributed by atoms with E-state index in [0.29, 0.717) is 0 Å². The molecule has 1 unspecified atom stereocenters. The van der Waals surface area contributed by atoms with Gasteiger partial charge in [0, 0.05) is 44.5 Å². The minimum Gasteiger partial charge on any atom is -0.369 e. The zero-order valence-corrected chi connectivity index (χ0v) is 11.8. The maximum Gasteiger partial charge on any atom is 0.0399 e. The third-order valence-corrected chi connectivity index (χ3v) is 3.62. The third kappa shape index (κ3) is 3.24. The molecular weight excluding hydrogens is 222 g/mol. The van der Waals surface area contributed by atoms with Crippen molar-refractivity contribution in [2.75, 3.05) is 37.6 Å². The molecule has 2 N–H and O–H groups in total. The van der Waals surface area contributed by atoms with Crippen LogP contribution in [0.15, 0.2) is 18.2 Å². The van der Waals surface area contributed by atoms with Crippen molar-refractivity contribution in [3.8, 4) is 0 Å². The van der Waals surface area contributed by atoms with Crippen molar-refractivity contribution in [2.45, 2.75) is 26.8 Å². The van der Waals surface area contributed by atoms with Crippen molar-refractivity contribution in [1.82, 2.24) is 4.90 Å². The molecular formula is C15H25N3. The maximum absolute atomic E-state index is 5.86. The van der Waals surface area contributed by atoms with Crippen LogP contribution in [0.1, 0.15) is 18.1 Å². The molecule has 1 aromatic rings. The van der Waals surface area contributed by atoms with Gasteiger partial charge in [-0.15, -0.1) is 0 Å². The topological polar surface area (TPSA) is 32.5 Å². The van der Waals surface area contributed by atoms with Crippen LogP contribution < -0.4 is 10.6 Å². The largest absolute Gasteiger partial charge is 0.369 e. The molecule has 0 aliphatic carbocycles. The molecule has 1 aliphatic heterocycles. The molecule has 0 bridgehead atoms. The summed E-state index contributed by atoms with van der Waals surface area (Å²) in [6.07, 6.45) is 0. The van der Waals surface area contributed by atoms with E-state index in [1.165, 1.54) is 16.8 Å². The van der Waals surface area contributed by atoms with E-state index in [0.717, 1.165) is 32.7 Å². The molecule has 3 nitrogen and oxygen atoms in total. The van der Waals surface area contributed by atoms with Crippen LogP contribution in [-0.4, -0.2) is 43.7 Å². The van der Waals surface area contributed by atoms with Crippen LogP contribution in [0.4, 0.5) is 5.69 Å². The van der Waals surface area contributed by atoms with Gasteiger partial charge in [0.1, 0.15) is 0 Å². The van der Waals surface area contributed by atoms with Gasteiger partial charge in [-0.05, 0) is 38.0 Å². The highest BCUT2D eigenvalue weighted by Crippen LogP contribution is 2.22. The second kappa shape index (κ2) is 5.72. The molecule has 0 radical (unpaired) electrons. The summed E-state index contributed by atoms with van der Waals surface area (Å²) in [7, 11) is 0. The molecule has 1 aliphatic rings. The zero-order valence-electron chi connectivity index (χ0n) is 11.8. The minimum atomic E-state index is 0.275. The van der Waals surface area contributed by atoms with E-state index in [4.69, 9.17) is 5.73 Å². The van der Waals surface area contributed by atoms with E-state index in [1.807, 2.05) is 0 Å². The van der Waals surface area contributed by atoms with Crippen molar-refractivity contribution < 1.29 is 0 Å². The molecule has 0 aromatic heterocycles. The number of anilines is 1. The maximum atomic E-state index is 5.86. The van der Waals surface area contributed by atoms with Gasteiger partial charge in [0.2, 0.25) is 0 Å². The lowest BCUT2D eigenvalue weighted by molar-refractivity contribution is 0.246. The number of nitrogens with two attached hydrogens (primary N) is 1. The molecule has 1 heterocycles. The second-order valence-electron chi connectivity index (χ2n) is 5.55. The number of nitrogens with zero attached hydrogens (tertiary/aromatic N) is 2. The van der Waals surface area contributed by atoms with Gasteiger partial charge in [0.15, 0.2) is 0 Å². The van der Waals surface area contributed by atoms with Crippen molar-refractivity contribution >= 4 is 5.69 Å².